The summed E-state index contributed by atoms with van der Waals surface area (Å²) in [5.74, 6) is 1.27. The Balaban J connectivity index is 2.03. The van der Waals surface area contributed by atoms with Crippen LogP contribution in [-0.2, 0) is 0 Å². The van der Waals surface area contributed by atoms with Gasteiger partial charge in [0.05, 0.1) is 0 Å². The van der Waals surface area contributed by atoms with Crippen LogP contribution < -0.4 is 11.1 Å². The van der Waals surface area contributed by atoms with Gasteiger partial charge < -0.3 is 11.1 Å². The van der Waals surface area contributed by atoms with Gasteiger partial charge in [-0.2, -0.15) is 0 Å². The lowest BCUT2D eigenvalue weighted by atomic mass is 10.1. The summed E-state index contributed by atoms with van der Waals surface area (Å²) in [5, 5.41) is 3.29. The van der Waals surface area contributed by atoms with Crippen molar-refractivity contribution < 1.29 is 0 Å². The van der Waals surface area contributed by atoms with E-state index in [1.54, 1.807) is 0 Å². The van der Waals surface area contributed by atoms with Crippen molar-refractivity contribution in [2.75, 3.05) is 17.6 Å². The second-order valence-electron chi connectivity index (χ2n) is 4.82. The number of hydrogen-bond acceptors (Lipinski definition) is 4. The zero-order chi connectivity index (χ0) is 13.9. The molecule has 108 valence electrons. The van der Waals surface area contributed by atoms with Gasteiger partial charge in [0, 0.05) is 6.54 Å². The number of nitrogens with one attached hydrogen (secondary N) is 1. The van der Waals surface area contributed by atoms with Gasteiger partial charge in [0.25, 0.3) is 0 Å². The number of nitrogen functional groups attached to an aromatic ring is 1. The maximum absolute atomic E-state index is 5.69. The zero-order valence-corrected chi connectivity index (χ0v) is 13.4. The summed E-state index contributed by atoms with van der Waals surface area (Å²) in [6.07, 6.45) is 12.1. The lowest BCUT2D eigenvalue weighted by Gasteiger charge is -2.08. The van der Waals surface area contributed by atoms with E-state index < -0.39 is 0 Å². The van der Waals surface area contributed by atoms with Crippen LogP contribution in [0.4, 0.5) is 11.6 Å². The molecule has 0 radical (unpaired) electrons. The van der Waals surface area contributed by atoms with Crippen molar-refractivity contribution in [3.8, 4) is 0 Å². The number of nitrogens with zero attached hydrogens (tertiary/aromatic N) is 2. The van der Waals surface area contributed by atoms with Crippen molar-refractivity contribution in [1.29, 1.82) is 0 Å². The molecule has 1 aromatic heterocycles. The van der Waals surface area contributed by atoms with Crippen LogP contribution in [0.5, 0.6) is 0 Å². The maximum atomic E-state index is 5.69. The minimum atomic E-state index is 0.480. The fourth-order valence-corrected chi connectivity index (χ4v) is 2.32. The molecule has 0 saturated carbocycles. The Morgan fingerprint density at radius 2 is 1.68 bits per heavy atom. The Kier molecular flexibility index (Phi) is 8.54. The third-order valence-corrected chi connectivity index (χ3v) is 3.92. The van der Waals surface area contributed by atoms with E-state index >= 15 is 0 Å². The molecular formula is C14H25BrN4. The van der Waals surface area contributed by atoms with Gasteiger partial charge in [-0.1, -0.05) is 51.9 Å². The van der Waals surface area contributed by atoms with E-state index in [0.29, 0.717) is 5.82 Å². The molecule has 0 unspecified atom stereocenters. The Morgan fingerprint density at radius 1 is 1.05 bits per heavy atom. The highest BCUT2D eigenvalue weighted by molar-refractivity contribution is 9.10. The minimum absolute atomic E-state index is 0.480. The van der Waals surface area contributed by atoms with Crippen LogP contribution >= 0.6 is 15.9 Å². The van der Waals surface area contributed by atoms with Crippen molar-refractivity contribution >= 4 is 27.6 Å². The first kappa shape index (κ1) is 16.2. The standard InChI is InChI=1S/C14H25BrN4/c1-2-3-4-5-6-7-8-9-10-17-14-12(15)13(16)18-11-19-14/h11H,2-10H2,1H3,(H3,16,17,18,19). The van der Waals surface area contributed by atoms with E-state index in [4.69, 9.17) is 5.73 Å². The summed E-state index contributed by atoms with van der Waals surface area (Å²) in [6.45, 7) is 3.19. The van der Waals surface area contributed by atoms with Crippen molar-refractivity contribution in [3.63, 3.8) is 0 Å². The highest BCUT2D eigenvalue weighted by atomic mass is 79.9. The number of hydrogen-bond donors (Lipinski definition) is 2. The first-order valence-electron chi connectivity index (χ1n) is 7.25. The smallest absolute Gasteiger partial charge is 0.145 e. The van der Waals surface area contributed by atoms with E-state index in [1.807, 2.05) is 0 Å². The van der Waals surface area contributed by atoms with Crippen molar-refractivity contribution in [3.05, 3.63) is 10.8 Å². The number of aromatic nitrogens is 2. The summed E-state index contributed by atoms with van der Waals surface area (Å²) < 4.78 is 0.759. The Labute approximate surface area is 124 Å². The first-order chi connectivity index (χ1) is 9.25. The Hall–Kier alpha value is -0.840. The molecule has 19 heavy (non-hydrogen) atoms. The van der Waals surface area contributed by atoms with Gasteiger partial charge in [0.15, 0.2) is 0 Å². The van der Waals surface area contributed by atoms with E-state index in [-0.39, 0.29) is 0 Å². The molecule has 0 fully saturated rings. The summed E-state index contributed by atoms with van der Waals surface area (Å²) in [4.78, 5) is 8.07. The molecule has 0 aliphatic heterocycles. The largest absolute Gasteiger partial charge is 0.383 e. The molecule has 1 heterocycles. The average Bonchev–Trinajstić information content (AvgIpc) is 2.41. The van der Waals surface area contributed by atoms with Crippen LogP contribution in [0, 0.1) is 0 Å². The first-order valence-corrected chi connectivity index (χ1v) is 8.04. The van der Waals surface area contributed by atoms with Gasteiger partial charge in [-0.3, -0.25) is 0 Å². The second-order valence-corrected chi connectivity index (χ2v) is 5.62. The van der Waals surface area contributed by atoms with E-state index in [2.05, 4.69) is 38.1 Å². The second kappa shape index (κ2) is 10.0. The lowest BCUT2D eigenvalue weighted by Crippen LogP contribution is -2.06. The molecule has 0 aliphatic rings. The fraction of sp³-hybridized carbons (Fsp3) is 0.714. The van der Waals surface area contributed by atoms with Crippen molar-refractivity contribution in [2.45, 2.75) is 58.3 Å². The van der Waals surface area contributed by atoms with Crippen molar-refractivity contribution in [1.82, 2.24) is 9.97 Å². The lowest BCUT2D eigenvalue weighted by molar-refractivity contribution is 0.581. The molecule has 5 heteroatoms. The third-order valence-electron chi connectivity index (χ3n) is 3.14. The Morgan fingerprint density at radius 3 is 2.37 bits per heavy atom. The number of rotatable bonds is 10. The van der Waals surface area contributed by atoms with Crippen LogP contribution in [0.2, 0.25) is 0 Å². The average molecular weight is 329 g/mol. The van der Waals surface area contributed by atoms with Gasteiger partial charge in [-0.25, -0.2) is 9.97 Å². The van der Waals surface area contributed by atoms with Crippen molar-refractivity contribution in [2.24, 2.45) is 0 Å². The molecule has 0 atom stereocenters. The van der Waals surface area contributed by atoms with Crippen LogP contribution in [0.1, 0.15) is 58.3 Å². The van der Waals surface area contributed by atoms with Crippen LogP contribution in [0.25, 0.3) is 0 Å². The predicted molar refractivity (Wildman–Crippen MR) is 85.2 cm³/mol. The minimum Gasteiger partial charge on any atom is -0.383 e. The van der Waals surface area contributed by atoms with E-state index in [0.717, 1.165) is 16.8 Å². The summed E-state index contributed by atoms with van der Waals surface area (Å²) in [5.41, 5.74) is 5.69. The number of unbranched alkanes of at least 4 members (excludes halogenated alkanes) is 7. The zero-order valence-electron chi connectivity index (χ0n) is 11.8. The monoisotopic (exact) mass is 328 g/mol. The van der Waals surface area contributed by atoms with Crippen LogP contribution in [0.15, 0.2) is 10.8 Å². The third kappa shape index (κ3) is 6.76. The molecule has 0 aliphatic carbocycles. The van der Waals surface area contributed by atoms with Crippen LogP contribution in [0.3, 0.4) is 0 Å². The molecule has 1 aromatic rings. The van der Waals surface area contributed by atoms with Gasteiger partial charge in [0.1, 0.15) is 22.4 Å². The molecular weight excluding hydrogens is 304 g/mol. The highest BCUT2D eigenvalue weighted by Gasteiger charge is 2.04. The van der Waals surface area contributed by atoms with Gasteiger partial charge in [-0.15, -0.1) is 0 Å². The molecule has 0 amide bonds. The topological polar surface area (TPSA) is 63.8 Å². The number of anilines is 2. The molecule has 3 N–H and O–H groups in total. The SMILES string of the molecule is CCCCCCCCCCNc1ncnc(N)c1Br. The molecule has 4 nitrogen and oxygen atoms in total. The van der Waals surface area contributed by atoms with Gasteiger partial charge in [-0.05, 0) is 22.4 Å². The maximum Gasteiger partial charge on any atom is 0.145 e. The predicted octanol–water partition coefficient (Wildman–Crippen LogP) is 4.37. The highest BCUT2D eigenvalue weighted by Crippen LogP contribution is 2.23. The summed E-state index contributed by atoms with van der Waals surface area (Å²) in [7, 11) is 0. The van der Waals surface area contributed by atoms with Crippen LogP contribution in [-0.4, -0.2) is 16.5 Å². The fourth-order valence-electron chi connectivity index (χ4n) is 1.97. The number of nitrogens with two attached hydrogens (primary N) is 1. The molecule has 0 saturated heterocycles. The van der Waals surface area contributed by atoms with Gasteiger partial charge >= 0.3 is 0 Å². The quantitative estimate of drug-likeness (QED) is 0.626. The number of halogens is 1. The van der Waals surface area contributed by atoms with E-state index in [9.17, 15) is 0 Å². The molecule has 0 aromatic carbocycles. The summed E-state index contributed by atoms with van der Waals surface area (Å²) in [6, 6.07) is 0. The molecule has 0 bridgehead atoms. The normalized spacial score (nSPS) is 10.6. The molecule has 1 rings (SSSR count). The van der Waals surface area contributed by atoms with E-state index in [1.165, 1.54) is 57.7 Å². The van der Waals surface area contributed by atoms with Gasteiger partial charge in [0.2, 0.25) is 0 Å². The molecule has 0 spiro atoms. The Bertz CT molecular complexity index is 357. The summed E-state index contributed by atoms with van der Waals surface area (Å²) >= 11 is 3.39.